The van der Waals surface area contributed by atoms with Crippen LogP contribution in [0.15, 0.2) is 41.8 Å². The summed E-state index contributed by atoms with van der Waals surface area (Å²) in [6.45, 7) is 5.05. The van der Waals surface area contributed by atoms with Gasteiger partial charge in [-0.25, -0.2) is 4.79 Å². The van der Waals surface area contributed by atoms with Crippen molar-refractivity contribution in [1.29, 1.82) is 0 Å². The lowest BCUT2D eigenvalue weighted by atomic mass is 10.0. The van der Waals surface area contributed by atoms with Gasteiger partial charge < -0.3 is 15.4 Å². The number of ether oxygens (including phenoxy) is 1. The predicted octanol–water partition coefficient (Wildman–Crippen LogP) is 3.73. The Labute approximate surface area is 166 Å². The fourth-order valence-corrected chi connectivity index (χ4v) is 3.05. The van der Waals surface area contributed by atoms with E-state index in [9.17, 15) is 14.4 Å². The third-order valence-corrected chi connectivity index (χ3v) is 4.81. The molecule has 144 valence electrons. The van der Waals surface area contributed by atoms with E-state index in [1.54, 1.807) is 55.6 Å². The number of hydrogen-bond acceptors (Lipinski definition) is 5. The molecule has 1 heterocycles. The number of amides is 2. The van der Waals surface area contributed by atoms with E-state index in [1.807, 2.05) is 0 Å². The van der Waals surface area contributed by atoms with Crippen molar-refractivity contribution in [2.75, 3.05) is 5.32 Å². The minimum atomic E-state index is -1.03. The molecule has 27 heavy (non-hydrogen) atoms. The molecular formula is C19H21ClN2O4S. The summed E-state index contributed by atoms with van der Waals surface area (Å²) < 4.78 is 5.26. The summed E-state index contributed by atoms with van der Waals surface area (Å²) in [6.07, 6.45) is -1.03. The van der Waals surface area contributed by atoms with Gasteiger partial charge in [-0.05, 0) is 42.5 Å². The number of halogens is 1. The summed E-state index contributed by atoms with van der Waals surface area (Å²) in [5.74, 6) is -1.71. The van der Waals surface area contributed by atoms with Gasteiger partial charge in [0, 0.05) is 10.7 Å². The number of carbonyl (C=O) groups excluding carboxylic acids is 3. The van der Waals surface area contributed by atoms with Crippen molar-refractivity contribution in [1.82, 2.24) is 5.32 Å². The summed E-state index contributed by atoms with van der Waals surface area (Å²) in [5, 5.41) is 7.56. The van der Waals surface area contributed by atoms with E-state index >= 15 is 0 Å². The molecule has 0 saturated carbocycles. The van der Waals surface area contributed by atoms with Gasteiger partial charge in [0.2, 0.25) is 0 Å². The number of nitrogens with one attached hydrogen (secondary N) is 2. The van der Waals surface area contributed by atoms with Crippen LogP contribution in [0.5, 0.6) is 0 Å². The highest BCUT2D eigenvalue weighted by Crippen LogP contribution is 2.16. The van der Waals surface area contributed by atoms with Crippen LogP contribution in [-0.2, 0) is 14.3 Å². The van der Waals surface area contributed by atoms with E-state index < -0.39 is 24.0 Å². The predicted molar refractivity (Wildman–Crippen MR) is 106 cm³/mol. The Morgan fingerprint density at radius 3 is 2.44 bits per heavy atom. The lowest BCUT2D eigenvalue weighted by molar-refractivity contribution is -0.156. The molecule has 0 saturated heterocycles. The average Bonchev–Trinajstić information content (AvgIpc) is 3.13. The Morgan fingerprint density at radius 1 is 1.11 bits per heavy atom. The van der Waals surface area contributed by atoms with Crippen LogP contribution >= 0.6 is 22.9 Å². The Bertz CT molecular complexity index is 808. The van der Waals surface area contributed by atoms with E-state index in [2.05, 4.69) is 10.6 Å². The molecule has 0 aliphatic heterocycles. The largest absolute Gasteiger partial charge is 0.451 e. The second kappa shape index (κ2) is 9.53. The molecule has 2 atom stereocenters. The van der Waals surface area contributed by atoms with Crippen LogP contribution in [0.1, 0.15) is 30.4 Å². The first kappa shape index (κ1) is 20.9. The molecular weight excluding hydrogens is 388 g/mol. The van der Waals surface area contributed by atoms with Crippen molar-refractivity contribution in [3.05, 3.63) is 51.7 Å². The smallest absolute Gasteiger partial charge is 0.329 e. The second-order valence-corrected chi connectivity index (χ2v) is 7.64. The summed E-state index contributed by atoms with van der Waals surface area (Å²) >= 11 is 7.16. The normalized spacial score (nSPS) is 12.9. The highest BCUT2D eigenvalue weighted by Gasteiger charge is 2.29. The minimum absolute atomic E-state index is 0.204. The van der Waals surface area contributed by atoms with Crippen molar-refractivity contribution >= 4 is 46.4 Å². The highest BCUT2D eigenvalue weighted by atomic mass is 35.5. The number of hydrogen-bond donors (Lipinski definition) is 2. The van der Waals surface area contributed by atoms with E-state index in [0.717, 1.165) is 0 Å². The Hall–Kier alpha value is -2.38. The summed E-state index contributed by atoms with van der Waals surface area (Å²) in [4.78, 5) is 37.4. The molecule has 2 aromatic rings. The van der Waals surface area contributed by atoms with Crippen LogP contribution in [0.2, 0.25) is 5.02 Å². The topological polar surface area (TPSA) is 84.5 Å². The quantitative estimate of drug-likeness (QED) is 0.683. The van der Waals surface area contributed by atoms with Gasteiger partial charge in [-0.15, -0.1) is 11.3 Å². The third kappa shape index (κ3) is 6.08. The molecule has 0 aliphatic carbocycles. The van der Waals surface area contributed by atoms with Crippen molar-refractivity contribution < 1.29 is 19.1 Å². The van der Waals surface area contributed by atoms with Gasteiger partial charge >= 0.3 is 5.97 Å². The molecule has 0 fully saturated rings. The maximum absolute atomic E-state index is 12.5. The van der Waals surface area contributed by atoms with Gasteiger partial charge in [0.15, 0.2) is 6.10 Å². The zero-order valence-electron chi connectivity index (χ0n) is 15.2. The summed E-state index contributed by atoms with van der Waals surface area (Å²) in [5.41, 5.74) is 0.502. The molecule has 2 rings (SSSR count). The number of esters is 1. The van der Waals surface area contributed by atoms with Crippen LogP contribution < -0.4 is 10.6 Å². The molecule has 0 radical (unpaired) electrons. The van der Waals surface area contributed by atoms with E-state index in [1.165, 1.54) is 18.3 Å². The zero-order valence-corrected chi connectivity index (χ0v) is 16.8. The van der Waals surface area contributed by atoms with Gasteiger partial charge in [-0.1, -0.05) is 37.6 Å². The number of benzene rings is 1. The number of rotatable bonds is 7. The Morgan fingerprint density at radius 2 is 1.85 bits per heavy atom. The third-order valence-electron chi connectivity index (χ3n) is 3.71. The van der Waals surface area contributed by atoms with Crippen LogP contribution in [0.3, 0.4) is 0 Å². The van der Waals surface area contributed by atoms with Gasteiger partial charge in [0.25, 0.3) is 11.8 Å². The molecule has 1 aromatic heterocycles. The average molecular weight is 409 g/mol. The molecule has 0 unspecified atom stereocenters. The SMILES string of the molecule is CC(C)[C@H](NC(=O)c1cccs1)C(=O)O[C@@H](C)C(=O)Nc1cccc(Cl)c1. The monoisotopic (exact) mass is 408 g/mol. The summed E-state index contributed by atoms with van der Waals surface area (Å²) in [6, 6.07) is 9.21. The van der Waals surface area contributed by atoms with E-state index in [-0.39, 0.29) is 11.8 Å². The highest BCUT2D eigenvalue weighted by molar-refractivity contribution is 7.12. The van der Waals surface area contributed by atoms with Crippen molar-refractivity contribution in [2.45, 2.75) is 32.9 Å². The zero-order chi connectivity index (χ0) is 20.0. The van der Waals surface area contributed by atoms with Crippen LogP contribution in [0, 0.1) is 5.92 Å². The number of anilines is 1. The molecule has 0 aliphatic rings. The Balaban J connectivity index is 1.97. The molecule has 1 aromatic carbocycles. The molecule has 0 bridgehead atoms. The van der Waals surface area contributed by atoms with Crippen LogP contribution in [0.25, 0.3) is 0 Å². The first-order chi connectivity index (χ1) is 12.8. The molecule has 0 spiro atoms. The first-order valence-electron chi connectivity index (χ1n) is 8.39. The van der Waals surface area contributed by atoms with Gasteiger partial charge in [-0.2, -0.15) is 0 Å². The van der Waals surface area contributed by atoms with Crippen LogP contribution in [0.4, 0.5) is 5.69 Å². The molecule has 2 N–H and O–H groups in total. The first-order valence-corrected chi connectivity index (χ1v) is 9.65. The van der Waals surface area contributed by atoms with Crippen LogP contribution in [-0.4, -0.2) is 29.9 Å². The summed E-state index contributed by atoms with van der Waals surface area (Å²) in [7, 11) is 0. The molecule has 6 nitrogen and oxygen atoms in total. The maximum atomic E-state index is 12.5. The lowest BCUT2D eigenvalue weighted by Gasteiger charge is -2.22. The van der Waals surface area contributed by atoms with E-state index in [4.69, 9.17) is 16.3 Å². The minimum Gasteiger partial charge on any atom is -0.451 e. The Kier molecular flexibility index (Phi) is 7.38. The van der Waals surface area contributed by atoms with Gasteiger partial charge in [0.05, 0.1) is 4.88 Å². The number of thiophene rings is 1. The molecule has 8 heteroatoms. The van der Waals surface area contributed by atoms with Crippen molar-refractivity contribution in [2.24, 2.45) is 5.92 Å². The van der Waals surface area contributed by atoms with Crippen molar-refractivity contribution in [3.8, 4) is 0 Å². The fourth-order valence-electron chi connectivity index (χ4n) is 2.23. The standard InChI is InChI=1S/C19H21ClN2O4S/c1-11(2)16(22-18(24)15-8-5-9-27-15)19(25)26-12(3)17(23)21-14-7-4-6-13(20)10-14/h4-12,16H,1-3H3,(H,21,23)(H,22,24)/t12-,16-/m0/s1. The second-order valence-electron chi connectivity index (χ2n) is 6.25. The number of carbonyl (C=O) groups is 3. The van der Waals surface area contributed by atoms with E-state index in [0.29, 0.717) is 15.6 Å². The molecule has 2 amide bonds. The lowest BCUT2D eigenvalue weighted by Crippen LogP contribution is -2.47. The van der Waals surface area contributed by atoms with Crippen molar-refractivity contribution in [3.63, 3.8) is 0 Å². The maximum Gasteiger partial charge on any atom is 0.329 e. The van der Waals surface area contributed by atoms with Gasteiger partial charge in [-0.3, -0.25) is 9.59 Å². The fraction of sp³-hybridized carbons (Fsp3) is 0.316. The van der Waals surface area contributed by atoms with Gasteiger partial charge in [0.1, 0.15) is 6.04 Å².